The van der Waals surface area contributed by atoms with Gasteiger partial charge in [0, 0.05) is 35.6 Å². The van der Waals surface area contributed by atoms with E-state index >= 15 is 0 Å². The average molecular weight is 536 g/mol. The van der Waals surface area contributed by atoms with Gasteiger partial charge in [0.1, 0.15) is 11.6 Å². The zero-order chi connectivity index (χ0) is 23.7. The van der Waals surface area contributed by atoms with Crippen LogP contribution in [-0.2, 0) is 11.3 Å². The van der Waals surface area contributed by atoms with Crippen molar-refractivity contribution in [1.29, 1.82) is 0 Å². The number of rotatable bonds is 6. The largest absolute Gasteiger partial charge is 0.362 e. The smallest absolute Gasteiger partial charge is 0.242 e. The molecule has 5 rings (SSSR count). The summed E-state index contributed by atoms with van der Waals surface area (Å²) in [5.41, 5.74) is 3.07. The predicted molar refractivity (Wildman–Crippen MR) is 142 cm³/mol. The number of hydrogen-bond donors (Lipinski definition) is 1. The number of benzene rings is 2. The number of nitrogens with zero attached hydrogens (tertiary/aromatic N) is 4. The molecule has 1 aliphatic heterocycles. The van der Waals surface area contributed by atoms with Crippen LogP contribution in [0.3, 0.4) is 0 Å². The minimum absolute atomic E-state index is 0.112. The minimum Gasteiger partial charge on any atom is -0.362 e. The molecule has 0 aliphatic carbocycles. The summed E-state index contributed by atoms with van der Waals surface area (Å²) in [6.45, 7) is 6.56. The summed E-state index contributed by atoms with van der Waals surface area (Å²) < 4.78 is 1.11. The molecule has 4 aromatic rings. The molecular formula is C26H26BrN5OS. The maximum Gasteiger partial charge on any atom is 0.242 e. The standard InChI is InChI=1S/C26H26BrN5OS/c1-17(23-10-11-24(27)34-23)28-26-21-14-20(8-9-22(21)29-18(2)30-26)31-12-13-32(25(33)16-31)15-19-6-4-3-5-7-19/h3-11,14,17H,12-13,15-16H2,1-2H3,(H,28,29,30). The van der Waals surface area contributed by atoms with Gasteiger partial charge in [-0.15, -0.1) is 11.3 Å². The van der Waals surface area contributed by atoms with Crippen molar-refractivity contribution in [3.8, 4) is 0 Å². The quantitative estimate of drug-likeness (QED) is 0.338. The highest BCUT2D eigenvalue weighted by molar-refractivity contribution is 9.11. The molecule has 0 saturated carbocycles. The number of thiophene rings is 1. The lowest BCUT2D eigenvalue weighted by Gasteiger charge is -2.35. The third kappa shape index (κ3) is 4.93. The molecule has 1 unspecified atom stereocenters. The van der Waals surface area contributed by atoms with E-state index in [9.17, 15) is 4.79 Å². The summed E-state index contributed by atoms with van der Waals surface area (Å²) in [4.78, 5) is 27.6. The van der Waals surface area contributed by atoms with E-state index < -0.39 is 0 Å². The highest BCUT2D eigenvalue weighted by Gasteiger charge is 2.24. The molecule has 1 atom stereocenters. The van der Waals surface area contributed by atoms with Crippen LogP contribution in [0.5, 0.6) is 0 Å². The number of carbonyl (C=O) groups is 1. The summed E-state index contributed by atoms with van der Waals surface area (Å²) in [7, 11) is 0. The van der Waals surface area contributed by atoms with Crippen LogP contribution in [-0.4, -0.2) is 40.4 Å². The van der Waals surface area contributed by atoms with Crippen LogP contribution in [0.4, 0.5) is 11.5 Å². The third-order valence-corrected chi connectivity index (χ3v) is 7.87. The first-order valence-corrected chi connectivity index (χ1v) is 12.9. The van der Waals surface area contributed by atoms with Crippen LogP contribution < -0.4 is 10.2 Å². The highest BCUT2D eigenvalue weighted by atomic mass is 79.9. The summed E-state index contributed by atoms with van der Waals surface area (Å²) in [5, 5.41) is 4.54. The van der Waals surface area contributed by atoms with E-state index in [0.29, 0.717) is 19.6 Å². The van der Waals surface area contributed by atoms with Gasteiger partial charge in [-0.05, 0) is 65.7 Å². The van der Waals surface area contributed by atoms with Crippen LogP contribution in [0, 0.1) is 6.92 Å². The Hall–Kier alpha value is -2.97. The number of nitrogens with one attached hydrogen (secondary N) is 1. The van der Waals surface area contributed by atoms with Gasteiger partial charge in [0.25, 0.3) is 0 Å². The van der Waals surface area contributed by atoms with Gasteiger partial charge in [0.05, 0.1) is 21.9 Å². The molecule has 0 spiro atoms. The Morgan fingerprint density at radius 3 is 2.65 bits per heavy atom. The predicted octanol–water partition coefficient (Wildman–Crippen LogP) is 5.78. The zero-order valence-corrected chi connectivity index (χ0v) is 21.6. The van der Waals surface area contributed by atoms with Gasteiger partial charge in [0.2, 0.25) is 5.91 Å². The van der Waals surface area contributed by atoms with Crippen molar-refractivity contribution < 1.29 is 4.79 Å². The lowest BCUT2D eigenvalue weighted by Crippen LogP contribution is -2.50. The van der Waals surface area contributed by atoms with Gasteiger partial charge in [-0.3, -0.25) is 4.79 Å². The van der Waals surface area contributed by atoms with Crippen LogP contribution >= 0.6 is 27.3 Å². The second kappa shape index (κ2) is 9.72. The number of amides is 1. The zero-order valence-electron chi connectivity index (χ0n) is 19.2. The molecule has 2 aromatic heterocycles. The monoisotopic (exact) mass is 535 g/mol. The molecular weight excluding hydrogens is 510 g/mol. The first-order chi connectivity index (χ1) is 16.5. The van der Waals surface area contributed by atoms with Crippen molar-refractivity contribution in [2.45, 2.75) is 26.4 Å². The van der Waals surface area contributed by atoms with E-state index in [0.717, 1.165) is 44.1 Å². The summed E-state index contributed by atoms with van der Waals surface area (Å²) in [6.07, 6.45) is 0. The number of hydrogen-bond acceptors (Lipinski definition) is 6. The second-order valence-corrected chi connectivity index (χ2v) is 11.0. The number of halogens is 1. The Kier molecular flexibility index (Phi) is 6.52. The number of carbonyl (C=O) groups excluding carboxylic acids is 1. The van der Waals surface area contributed by atoms with E-state index in [2.05, 4.69) is 74.5 Å². The maximum absolute atomic E-state index is 12.9. The van der Waals surface area contributed by atoms with E-state index in [1.807, 2.05) is 36.1 Å². The molecule has 174 valence electrons. The van der Waals surface area contributed by atoms with E-state index in [1.54, 1.807) is 11.3 Å². The van der Waals surface area contributed by atoms with Crippen LogP contribution in [0.2, 0.25) is 0 Å². The second-order valence-electron chi connectivity index (χ2n) is 8.55. The van der Waals surface area contributed by atoms with E-state index in [-0.39, 0.29) is 11.9 Å². The molecule has 1 amide bonds. The first kappa shape index (κ1) is 22.8. The van der Waals surface area contributed by atoms with Crippen molar-refractivity contribution in [3.05, 3.63) is 80.7 Å². The molecule has 2 aromatic carbocycles. The number of aromatic nitrogens is 2. The van der Waals surface area contributed by atoms with Crippen molar-refractivity contribution >= 4 is 55.6 Å². The molecule has 1 saturated heterocycles. The Balaban J connectivity index is 1.37. The molecule has 8 heteroatoms. The fourth-order valence-corrected chi connectivity index (χ4v) is 5.70. The maximum atomic E-state index is 12.9. The molecule has 0 radical (unpaired) electrons. The van der Waals surface area contributed by atoms with Crippen molar-refractivity contribution in [2.24, 2.45) is 0 Å². The molecule has 34 heavy (non-hydrogen) atoms. The molecule has 1 N–H and O–H groups in total. The Morgan fingerprint density at radius 2 is 1.91 bits per heavy atom. The van der Waals surface area contributed by atoms with E-state index in [1.165, 1.54) is 4.88 Å². The minimum atomic E-state index is 0.112. The van der Waals surface area contributed by atoms with Crippen LogP contribution in [0.1, 0.15) is 29.2 Å². The van der Waals surface area contributed by atoms with Gasteiger partial charge in [0.15, 0.2) is 0 Å². The molecule has 0 bridgehead atoms. The molecule has 3 heterocycles. The van der Waals surface area contributed by atoms with Gasteiger partial charge in [-0.25, -0.2) is 9.97 Å². The fourth-order valence-electron chi connectivity index (χ4n) is 4.28. The summed E-state index contributed by atoms with van der Waals surface area (Å²) >= 11 is 5.26. The Bertz CT molecular complexity index is 1330. The average Bonchev–Trinajstić information content (AvgIpc) is 3.27. The molecule has 1 aliphatic rings. The summed E-state index contributed by atoms with van der Waals surface area (Å²) in [5.74, 6) is 1.69. The molecule has 6 nitrogen and oxygen atoms in total. The fraction of sp³-hybridized carbons (Fsp3) is 0.269. The Morgan fingerprint density at radius 1 is 1.09 bits per heavy atom. The number of fused-ring (bicyclic) bond motifs is 1. The topological polar surface area (TPSA) is 61.4 Å². The lowest BCUT2D eigenvalue weighted by molar-refractivity contribution is -0.131. The van der Waals surface area contributed by atoms with Gasteiger partial charge >= 0.3 is 0 Å². The Labute approximate surface area is 211 Å². The van der Waals surface area contributed by atoms with Crippen LogP contribution in [0.15, 0.2) is 64.5 Å². The highest BCUT2D eigenvalue weighted by Crippen LogP contribution is 2.32. The van der Waals surface area contributed by atoms with Crippen molar-refractivity contribution in [3.63, 3.8) is 0 Å². The van der Waals surface area contributed by atoms with Crippen molar-refractivity contribution in [1.82, 2.24) is 14.9 Å². The SMILES string of the molecule is Cc1nc(NC(C)c2ccc(Br)s2)c2cc(N3CCN(Cc4ccccc4)C(=O)C3)ccc2n1. The lowest BCUT2D eigenvalue weighted by atomic mass is 10.1. The number of aryl methyl sites for hydroxylation is 1. The van der Waals surface area contributed by atoms with Gasteiger partial charge < -0.3 is 15.1 Å². The first-order valence-electron chi connectivity index (χ1n) is 11.3. The summed E-state index contributed by atoms with van der Waals surface area (Å²) in [6, 6.07) is 20.6. The van der Waals surface area contributed by atoms with Crippen LogP contribution in [0.25, 0.3) is 10.9 Å². The van der Waals surface area contributed by atoms with E-state index in [4.69, 9.17) is 4.98 Å². The third-order valence-electron chi connectivity index (χ3n) is 6.07. The van der Waals surface area contributed by atoms with Crippen molar-refractivity contribution in [2.75, 3.05) is 29.9 Å². The number of anilines is 2. The normalized spacial score (nSPS) is 15.1. The van der Waals surface area contributed by atoms with Gasteiger partial charge in [-0.1, -0.05) is 30.3 Å². The van der Waals surface area contributed by atoms with Gasteiger partial charge in [-0.2, -0.15) is 0 Å². The molecule has 1 fully saturated rings. The number of piperazine rings is 1.